The zero-order valence-electron chi connectivity index (χ0n) is 10.0. The lowest BCUT2D eigenvalue weighted by atomic mass is 10.3. The number of hydrogen-bond acceptors (Lipinski definition) is 5. The monoisotopic (exact) mass is 302 g/mol. The third-order valence-corrected chi connectivity index (χ3v) is 2.73. The van der Waals surface area contributed by atoms with E-state index in [1.165, 1.54) is 0 Å². The van der Waals surface area contributed by atoms with Crippen molar-refractivity contribution in [1.82, 2.24) is 9.97 Å². The van der Waals surface area contributed by atoms with Gasteiger partial charge in [-0.2, -0.15) is 4.98 Å². The molecule has 0 bridgehead atoms. The van der Waals surface area contributed by atoms with E-state index < -0.39 is 0 Å². The van der Waals surface area contributed by atoms with Crippen molar-refractivity contribution in [2.75, 3.05) is 30.3 Å². The van der Waals surface area contributed by atoms with Crippen molar-refractivity contribution in [2.45, 2.75) is 26.2 Å². The Kier molecular flexibility index (Phi) is 6.88. The Hall–Kier alpha value is -0.880. The molecule has 0 aliphatic carbocycles. The van der Waals surface area contributed by atoms with Gasteiger partial charge in [0.2, 0.25) is 5.95 Å². The van der Waals surface area contributed by atoms with Gasteiger partial charge >= 0.3 is 0 Å². The molecule has 96 valence electrons. The summed E-state index contributed by atoms with van der Waals surface area (Å²) in [7, 11) is 0. The van der Waals surface area contributed by atoms with E-state index in [4.69, 9.17) is 5.11 Å². The molecule has 1 rings (SSSR count). The van der Waals surface area contributed by atoms with Crippen LogP contribution >= 0.6 is 15.9 Å². The molecular formula is C11H19BrN4O. The summed E-state index contributed by atoms with van der Waals surface area (Å²) in [5, 5.41) is 15.0. The number of hydrogen-bond donors (Lipinski definition) is 3. The summed E-state index contributed by atoms with van der Waals surface area (Å²) in [6.45, 7) is 3.99. The Balaban J connectivity index is 2.50. The highest BCUT2D eigenvalue weighted by atomic mass is 79.9. The normalized spacial score (nSPS) is 10.3. The molecular weight excluding hydrogens is 284 g/mol. The van der Waals surface area contributed by atoms with Crippen LogP contribution in [0.2, 0.25) is 0 Å². The zero-order chi connectivity index (χ0) is 12.5. The van der Waals surface area contributed by atoms with Crippen molar-refractivity contribution in [2.24, 2.45) is 0 Å². The SMILES string of the molecule is CCCNc1ncc(Br)c(NCCCCO)n1. The number of anilines is 2. The smallest absolute Gasteiger partial charge is 0.224 e. The maximum atomic E-state index is 8.69. The molecule has 1 aromatic heterocycles. The summed E-state index contributed by atoms with van der Waals surface area (Å²) in [4.78, 5) is 8.54. The lowest BCUT2D eigenvalue weighted by Gasteiger charge is -2.09. The van der Waals surface area contributed by atoms with Gasteiger partial charge in [0.1, 0.15) is 5.82 Å². The Labute approximate surface area is 110 Å². The number of nitrogens with one attached hydrogen (secondary N) is 2. The molecule has 0 aliphatic heterocycles. The van der Waals surface area contributed by atoms with Gasteiger partial charge in [-0.25, -0.2) is 4.98 Å². The van der Waals surface area contributed by atoms with E-state index in [1.807, 2.05) is 0 Å². The average Bonchev–Trinajstić information content (AvgIpc) is 2.35. The predicted octanol–water partition coefficient (Wildman–Crippen LogP) is 2.25. The van der Waals surface area contributed by atoms with Crippen molar-refractivity contribution in [3.63, 3.8) is 0 Å². The second-order valence-corrected chi connectivity index (χ2v) is 4.53. The highest BCUT2D eigenvalue weighted by Crippen LogP contribution is 2.20. The first-order valence-electron chi connectivity index (χ1n) is 5.89. The highest BCUT2D eigenvalue weighted by molar-refractivity contribution is 9.10. The van der Waals surface area contributed by atoms with Crippen molar-refractivity contribution >= 4 is 27.7 Å². The molecule has 5 nitrogen and oxygen atoms in total. The molecule has 0 fully saturated rings. The van der Waals surface area contributed by atoms with Gasteiger partial charge in [0, 0.05) is 25.9 Å². The fourth-order valence-electron chi connectivity index (χ4n) is 1.26. The van der Waals surface area contributed by atoms with Gasteiger partial charge in [0.25, 0.3) is 0 Å². The largest absolute Gasteiger partial charge is 0.396 e. The molecule has 0 aromatic carbocycles. The quantitative estimate of drug-likeness (QED) is 0.643. The summed E-state index contributed by atoms with van der Waals surface area (Å²) < 4.78 is 0.851. The molecule has 0 aliphatic rings. The Bertz CT molecular complexity index is 335. The number of aliphatic hydroxyl groups is 1. The molecule has 0 saturated heterocycles. The second-order valence-electron chi connectivity index (χ2n) is 3.67. The Morgan fingerprint density at radius 3 is 2.82 bits per heavy atom. The maximum absolute atomic E-state index is 8.69. The molecule has 0 atom stereocenters. The van der Waals surface area contributed by atoms with Crippen molar-refractivity contribution in [1.29, 1.82) is 0 Å². The fraction of sp³-hybridized carbons (Fsp3) is 0.636. The fourth-order valence-corrected chi connectivity index (χ4v) is 1.59. The third kappa shape index (κ3) is 5.32. The highest BCUT2D eigenvalue weighted by Gasteiger charge is 2.03. The standard InChI is InChI=1S/C11H19BrN4O/c1-2-5-14-11-15-8-9(12)10(16-11)13-6-3-4-7-17/h8,17H,2-7H2,1H3,(H2,13,14,15,16). The summed E-state index contributed by atoms with van der Waals surface area (Å²) >= 11 is 3.40. The minimum Gasteiger partial charge on any atom is -0.396 e. The van der Waals surface area contributed by atoms with Crippen molar-refractivity contribution in [3.05, 3.63) is 10.7 Å². The van der Waals surface area contributed by atoms with Crippen LogP contribution in [0.25, 0.3) is 0 Å². The van der Waals surface area contributed by atoms with Gasteiger partial charge in [0.15, 0.2) is 0 Å². The van der Waals surface area contributed by atoms with Crippen LogP contribution in [0, 0.1) is 0 Å². The number of halogens is 1. The van der Waals surface area contributed by atoms with Gasteiger partial charge in [-0.3, -0.25) is 0 Å². The second kappa shape index (κ2) is 8.25. The number of nitrogens with zero attached hydrogens (tertiary/aromatic N) is 2. The van der Waals surface area contributed by atoms with Gasteiger partial charge < -0.3 is 15.7 Å². The van der Waals surface area contributed by atoms with Gasteiger partial charge in [-0.05, 0) is 35.2 Å². The van der Waals surface area contributed by atoms with E-state index in [9.17, 15) is 0 Å². The Morgan fingerprint density at radius 2 is 2.12 bits per heavy atom. The van der Waals surface area contributed by atoms with Crippen LogP contribution in [0.1, 0.15) is 26.2 Å². The van der Waals surface area contributed by atoms with Crippen LogP contribution in [0.15, 0.2) is 10.7 Å². The van der Waals surface area contributed by atoms with E-state index in [1.54, 1.807) is 6.20 Å². The Morgan fingerprint density at radius 1 is 1.29 bits per heavy atom. The van der Waals surface area contributed by atoms with Crippen molar-refractivity contribution < 1.29 is 5.11 Å². The van der Waals surface area contributed by atoms with Crippen LogP contribution in [-0.2, 0) is 0 Å². The minimum absolute atomic E-state index is 0.232. The predicted molar refractivity (Wildman–Crippen MR) is 73.3 cm³/mol. The van der Waals surface area contributed by atoms with Crippen LogP contribution in [0.3, 0.4) is 0 Å². The summed E-state index contributed by atoms with van der Waals surface area (Å²) in [5.41, 5.74) is 0. The van der Waals surface area contributed by atoms with Crippen LogP contribution in [0.5, 0.6) is 0 Å². The molecule has 0 radical (unpaired) electrons. The lowest BCUT2D eigenvalue weighted by molar-refractivity contribution is 0.286. The van der Waals surface area contributed by atoms with E-state index in [0.717, 1.165) is 42.6 Å². The molecule has 1 heterocycles. The molecule has 3 N–H and O–H groups in total. The average molecular weight is 303 g/mol. The van der Waals surface area contributed by atoms with E-state index in [0.29, 0.717) is 5.95 Å². The third-order valence-electron chi connectivity index (χ3n) is 2.15. The molecule has 0 saturated carbocycles. The van der Waals surface area contributed by atoms with Gasteiger partial charge in [-0.15, -0.1) is 0 Å². The number of aliphatic hydroxyl groups excluding tert-OH is 1. The van der Waals surface area contributed by atoms with Crippen LogP contribution in [-0.4, -0.2) is 34.8 Å². The van der Waals surface area contributed by atoms with Crippen LogP contribution in [0.4, 0.5) is 11.8 Å². The molecule has 0 unspecified atom stereocenters. The van der Waals surface area contributed by atoms with Crippen LogP contribution < -0.4 is 10.6 Å². The summed E-state index contributed by atoms with van der Waals surface area (Å²) in [5.74, 6) is 1.43. The van der Waals surface area contributed by atoms with E-state index in [-0.39, 0.29) is 6.61 Å². The topological polar surface area (TPSA) is 70.1 Å². The molecule has 1 aromatic rings. The first-order valence-corrected chi connectivity index (χ1v) is 6.68. The van der Waals surface area contributed by atoms with Gasteiger partial charge in [0.05, 0.1) is 4.47 Å². The molecule has 6 heteroatoms. The van der Waals surface area contributed by atoms with Crippen molar-refractivity contribution in [3.8, 4) is 0 Å². The zero-order valence-corrected chi connectivity index (χ0v) is 11.6. The summed E-state index contributed by atoms with van der Waals surface area (Å²) in [6, 6.07) is 0. The van der Waals surface area contributed by atoms with E-state index in [2.05, 4.69) is 43.5 Å². The molecule has 0 amide bonds. The summed E-state index contributed by atoms with van der Waals surface area (Å²) in [6.07, 6.45) is 4.50. The first-order chi connectivity index (χ1) is 8.27. The van der Waals surface area contributed by atoms with E-state index >= 15 is 0 Å². The van der Waals surface area contributed by atoms with Gasteiger partial charge in [-0.1, -0.05) is 6.92 Å². The number of unbranched alkanes of at least 4 members (excludes halogenated alkanes) is 1. The maximum Gasteiger partial charge on any atom is 0.224 e. The number of aromatic nitrogens is 2. The molecule has 17 heavy (non-hydrogen) atoms. The minimum atomic E-state index is 0.232. The lowest BCUT2D eigenvalue weighted by Crippen LogP contribution is -2.09. The molecule has 0 spiro atoms. The first kappa shape index (κ1) is 14.2. The number of rotatable bonds is 8.